The SMILES string of the molecule is CCc1nnsc1-c1nnc(Br)o1. The molecule has 2 aromatic heterocycles. The summed E-state index contributed by atoms with van der Waals surface area (Å²) in [4.78, 5) is 1.22. The molecule has 2 heterocycles. The van der Waals surface area contributed by atoms with E-state index in [2.05, 4.69) is 35.7 Å². The van der Waals surface area contributed by atoms with Gasteiger partial charge in [0.2, 0.25) is 0 Å². The number of rotatable bonds is 2. The Morgan fingerprint density at radius 2 is 2.23 bits per heavy atom. The summed E-state index contributed by atoms with van der Waals surface area (Å²) in [6.45, 7) is 2.01. The zero-order valence-electron chi connectivity index (χ0n) is 6.69. The molecule has 0 aliphatic carbocycles. The second-order valence-electron chi connectivity index (χ2n) is 2.26. The van der Waals surface area contributed by atoms with Gasteiger partial charge in [-0.15, -0.1) is 15.3 Å². The van der Waals surface area contributed by atoms with Gasteiger partial charge in [0.1, 0.15) is 4.88 Å². The van der Waals surface area contributed by atoms with Gasteiger partial charge >= 0.3 is 0 Å². The Hall–Kier alpha value is -0.820. The fraction of sp³-hybridized carbons (Fsp3) is 0.333. The number of nitrogens with zero attached hydrogens (tertiary/aromatic N) is 4. The van der Waals surface area contributed by atoms with Crippen LogP contribution < -0.4 is 0 Å². The van der Waals surface area contributed by atoms with Gasteiger partial charge in [0.05, 0.1) is 5.69 Å². The zero-order chi connectivity index (χ0) is 9.26. The predicted octanol–water partition coefficient (Wildman–Crippen LogP) is 1.91. The standard InChI is InChI=1S/C6H5BrN4OS/c1-2-3-4(13-11-8-3)5-9-10-6(7)12-5/h2H2,1H3. The molecular formula is C6H5BrN4OS. The molecule has 0 aliphatic rings. The Balaban J connectivity index is 2.45. The molecule has 2 rings (SSSR count). The van der Waals surface area contributed by atoms with Crippen molar-refractivity contribution in [3.05, 3.63) is 10.5 Å². The van der Waals surface area contributed by atoms with Crippen LogP contribution in [0.4, 0.5) is 0 Å². The van der Waals surface area contributed by atoms with Crippen molar-refractivity contribution in [3.8, 4) is 10.8 Å². The summed E-state index contributed by atoms with van der Waals surface area (Å²) in [5.41, 5.74) is 0.890. The Labute approximate surface area is 86.5 Å². The molecule has 7 heteroatoms. The van der Waals surface area contributed by atoms with Crippen LogP contribution in [-0.2, 0) is 6.42 Å². The summed E-state index contributed by atoms with van der Waals surface area (Å²) in [6, 6.07) is 0. The van der Waals surface area contributed by atoms with Crippen LogP contribution in [0.3, 0.4) is 0 Å². The van der Waals surface area contributed by atoms with E-state index < -0.39 is 0 Å². The number of aromatic nitrogens is 4. The molecule has 0 spiro atoms. The lowest BCUT2D eigenvalue weighted by molar-refractivity contribution is 0.541. The van der Waals surface area contributed by atoms with Crippen molar-refractivity contribution in [2.24, 2.45) is 0 Å². The zero-order valence-corrected chi connectivity index (χ0v) is 9.09. The second kappa shape index (κ2) is 3.51. The summed E-state index contributed by atoms with van der Waals surface area (Å²) in [5.74, 6) is 0.471. The third-order valence-corrected chi connectivity index (χ3v) is 2.56. The lowest BCUT2D eigenvalue weighted by atomic mass is 10.3. The molecule has 0 saturated carbocycles. The van der Waals surface area contributed by atoms with Crippen molar-refractivity contribution in [1.29, 1.82) is 0 Å². The Morgan fingerprint density at radius 3 is 2.85 bits per heavy atom. The van der Waals surface area contributed by atoms with Crippen LogP contribution in [-0.4, -0.2) is 19.8 Å². The number of hydrogen-bond acceptors (Lipinski definition) is 6. The molecular weight excluding hydrogens is 256 g/mol. The van der Waals surface area contributed by atoms with Crippen molar-refractivity contribution >= 4 is 27.5 Å². The largest absolute Gasteiger partial charge is 0.410 e. The minimum absolute atomic E-state index is 0.373. The minimum atomic E-state index is 0.373. The first kappa shape index (κ1) is 8.76. The van der Waals surface area contributed by atoms with Crippen molar-refractivity contribution in [2.75, 3.05) is 0 Å². The number of aryl methyl sites for hydroxylation is 1. The lowest BCUT2D eigenvalue weighted by Gasteiger charge is -1.88. The van der Waals surface area contributed by atoms with E-state index in [0.717, 1.165) is 17.0 Å². The van der Waals surface area contributed by atoms with Gasteiger partial charge in [-0.25, -0.2) is 0 Å². The Kier molecular flexibility index (Phi) is 2.36. The maximum atomic E-state index is 5.20. The van der Waals surface area contributed by atoms with Crippen molar-refractivity contribution in [3.63, 3.8) is 0 Å². The smallest absolute Gasteiger partial charge is 0.285 e. The first-order valence-electron chi connectivity index (χ1n) is 3.62. The molecule has 0 amide bonds. The minimum Gasteiger partial charge on any atom is -0.410 e. The van der Waals surface area contributed by atoms with Gasteiger partial charge in [0.25, 0.3) is 10.7 Å². The number of hydrogen-bond donors (Lipinski definition) is 0. The van der Waals surface area contributed by atoms with Gasteiger partial charge in [-0.3, -0.25) is 0 Å². The van der Waals surface area contributed by atoms with Gasteiger partial charge in [-0.2, -0.15) is 0 Å². The molecule has 13 heavy (non-hydrogen) atoms. The highest BCUT2D eigenvalue weighted by atomic mass is 79.9. The monoisotopic (exact) mass is 260 g/mol. The molecule has 0 fully saturated rings. The van der Waals surface area contributed by atoms with Gasteiger partial charge < -0.3 is 4.42 Å². The van der Waals surface area contributed by atoms with Crippen molar-refractivity contribution < 1.29 is 4.42 Å². The summed E-state index contributed by atoms with van der Waals surface area (Å²) >= 11 is 4.35. The molecule has 68 valence electrons. The maximum absolute atomic E-state index is 5.20. The first-order chi connectivity index (χ1) is 6.31. The summed E-state index contributed by atoms with van der Waals surface area (Å²) < 4.78 is 9.02. The van der Waals surface area contributed by atoms with E-state index in [1.54, 1.807) is 0 Å². The van der Waals surface area contributed by atoms with Crippen LogP contribution in [0.5, 0.6) is 0 Å². The molecule has 0 N–H and O–H groups in total. The highest BCUT2D eigenvalue weighted by Gasteiger charge is 2.14. The fourth-order valence-electron chi connectivity index (χ4n) is 0.899. The van der Waals surface area contributed by atoms with Crippen LogP contribution in [0.25, 0.3) is 10.8 Å². The summed E-state index contributed by atoms with van der Waals surface area (Å²) in [7, 11) is 0. The normalized spacial score (nSPS) is 10.6. The molecule has 5 nitrogen and oxygen atoms in total. The molecule has 0 aromatic carbocycles. The average Bonchev–Trinajstić information content (AvgIpc) is 2.71. The van der Waals surface area contributed by atoms with Gasteiger partial charge in [-0.05, 0) is 18.0 Å². The Bertz CT molecular complexity index is 412. The van der Waals surface area contributed by atoms with Crippen molar-refractivity contribution in [2.45, 2.75) is 13.3 Å². The van der Waals surface area contributed by atoms with E-state index in [1.165, 1.54) is 11.5 Å². The van der Waals surface area contributed by atoms with E-state index in [4.69, 9.17) is 4.42 Å². The Morgan fingerprint density at radius 1 is 1.38 bits per heavy atom. The van der Waals surface area contributed by atoms with E-state index in [9.17, 15) is 0 Å². The third kappa shape index (κ3) is 1.61. The van der Waals surface area contributed by atoms with Gasteiger partial charge in [0, 0.05) is 15.9 Å². The highest BCUT2D eigenvalue weighted by Crippen LogP contribution is 2.26. The van der Waals surface area contributed by atoms with Crippen LogP contribution in [0.2, 0.25) is 0 Å². The first-order valence-corrected chi connectivity index (χ1v) is 5.18. The maximum Gasteiger partial charge on any atom is 0.285 e. The molecule has 0 aliphatic heterocycles. The summed E-state index contributed by atoms with van der Waals surface area (Å²) in [6.07, 6.45) is 0.811. The summed E-state index contributed by atoms with van der Waals surface area (Å²) in [5, 5.41) is 11.5. The van der Waals surface area contributed by atoms with E-state index >= 15 is 0 Å². The van der Waals surface area contributed by atoms with Crippen LogP contribution in [0.1, 0.15) is 12.6 Å². The third-order valence-electron chi connectivity index (χ3n) is 1.49. The van der Waals surface area contributed by atoms with Crippen LogP contribution >= 0.6 is 27.5 Å². The fourth-order valence-corrected chi connectivity index (χ4v) is 1.80. The highest BCUT2D eigenvalue weighted by molar-refractivity contribution is 9.10. The molecule has 2 aromatic rings. The molecule has 0 radical (unpaired) electrons. The quantitative estimate of drug-likeness (QED) is 0.826. The van der Waals surface area contributed by atoms with Gasteiger partial charge in [0.15, 0.2) is 0 Å². The molecule has 0 saturated heterocycles. The van der Waals surface area contributed by atoms with Crippen LogP contribution in [0.15, 0.2) is 9.22 Å². The molecule has 0 bridgehead atoms. The van der Waals surface area contributed by atoms with E-state index in [-0.39, 0.29) is 0 Å². The average molecular weight is 261 g/mol. The lowest BCUT2D eigenvalue weighted by Crippen LogP contribution is -1.84. The topological polar surface area (TPSA) is 64.7 Å². The van der Waals surface area contributed by atoms with Gasteiger partial charge in [-0.1, -0.05) is 11.4 Å². The van der Waals surface area contributed by atoms with Crippen LogP contribution in [0, 0.1) is 0 Å². The van der Waals surface area contributed by atoms with Crippen molar-refractivity contribution in [1.82, 2.24) is 19.8 Å². The van der Waals surface area contributed by atoms with E-state index in [0.29, 0.717) is 10.7 Å². The predicted molar refractivity (Wildman–Crippen MR) is 50.3 cm³/mol. The van der Waals surface area contributed by atoms with E-state index in [1.807, 2.05) is 6.92 Å². The molecule has 0 atom stereocenters. The molecule has 0 unspecified atom stereocenters. The number of halogens is 1. The second-order valence-corrected chi connectivity index (χ2v) is 3.69.